The van der Waals surface area contributed by atoms with E-state index in [2.05, 4.69) is 10.3 Å². The molecule has 32 heavy (non-hydrogen) atoms. The van der Waals surface area contributed by atoms with Crippen molar-refractivity contribution in [3.63, 3.8) is 0 Å². The van der Waals surface area contributed by atoms with Crippen LogP contribution in [0.3, 0.4) is 0 Å². The molecular formula is C22H29F2N2O4PS. The van der Waals surface area contributed by atoms with Gasteiger partial charge in [0, 0.05) is 18.2 Å². The number of pyridine rings is 1. The van der Waals surface area contributed by atoms with Crippen LogP contribution in [0.4, 0.5) is 8.78 Å². The highest BCUT2D eigenvalue weighted by atomic mass is 32.2. The maximum atomic E-state index is 14.4. The van der Waals surface area contributed by atoms with Crippen LogP contribution in [0.15, 0.2) is 41.4 Å². The third-order valence-corrected chi connectivity index (χ3v) is 7.50. The number of ether oxygens (including phenoxy) is 1. The molecule has 2 aromatic rings. The molecule has 10 heteroatoms. The van der Waals surface area contributed by atoms with Crippen molar-refractivity contribution in [3.8, 4) is 0 Å². The summed E-state index contributed by atoms with van der Waals surface area (Å²) in [6, 6.07) is 8.26. The average Bonchev–Trinajstić information content (AvgIpc) is 2.70. The second-order valence-electron chi connectivity index (χ2n) is 8.08. The fourth-order valence-electron chi connectivity index (χ4n) is 3.71. The Bertz CT molecular complexity index is 940. The highest BCUT2D eigenvalue weighted by molar-refractivity contribution is 7.99. The standard InChI is InChI=1S/C22H29F2N2O4PS/c23-19-7-2-1-6-18(19)22(15-30-16-22)8-3-4-11-32-21-14-26-17(12-20(21)24)13-25-9-5-10-31(27,28)29/h1-2,6-7,12,14,25H,3-5,8-11,13,15-16H2,(H2,27,28,29). The second-order valence-corrected chi connectivity index (χ2v) is 11.0. The molecule has 176 valence electrons. The fourth-order valence-corrected chi connectivity index (χ4v) is 5.17. The average molecular weight is 487 g/mol. The van der Waals surface area contributed by atoms with Crippen molar-refractivity contribution in [2.24, 2.45) is 0 Å². The molecule has 1 aromatic carbocycles. The highest BCUT2D eigenvalue weighted by Crippen LogP contribution is 2.39. The largest absolute Gasteiger partial charge is 0.379 e. The van der Waals surface area contributed by atoms with Crippen LogP contribution in [0.25, 0.3) is 0 Å². The highest BCUT2D eigenvalue weighted by Gasteiger charge is 2.41. The third-order valence-electron chi connectivity index (χ3n) is 5.49. The molecule has 2 heterocycles. The first-order valence-corrected chi connectivity index (χ1v) is 13.4. The summed E-state index contributed by atoms with van der Waals surface area (Å²) < 4.78 is 44.7. The lowest BCUT2D eigenvalue weighted by molar-refractivity contribution is -0.0668. The summed E-state index contributed by atoms with van der Waals surface area (Å²) in [5.41, 5.74) is 1.02. The van der Waals surface area contributed by atoms with Gasteiger partial charge in [-0.05, 0) is 49.3 Å². The van der Waals surface area contributed by atoms with E-state index in [1.807, 2.05) is 12.1 Å². The zero-order valence-electron chi connectivity index (χ0n) is 17.8. The van der Waals surface area contributed by atoms with Crippen molar-refractivity contribution in [3.05, 3.63) is 59.4 Å². The predicted octanol–water partition coefficient (Wildman–Crippen LogP) is 4.25. The van der Waals surface area contributed by atoms with Gasteiger partial charge in [-0.3, -0.25) is 9.55 Å². The van der Waals surface area contributed by atoms with Crippen LogP contribution in [0.2, 0.25) is 0 Å². The number of nitrogens with one attached hydrogen (secondary N) is 1. The number of hydrogen-bond acceptors (Lipinski definition) is 5. The van der Waals surface area contributed by atoms with Crippen molar-refractivity contribution in [1.82, 2.24) is 10.3 Å². The molecule has 0 aliphatic carbocycles. The lowest BCUT2D eigenvalue weighted by Gasteiger charge is -2.42. The Hall–Kier alpha value is -1.35. The molecule has 0 amide bonds. The van der Waals surface area contributed by atoms with Crippen LogP contribution in [0, 0.1) is 11.6 Å². The molecule has 0 spiro atoms. The zero-order chi connectivity index (χ0) is 23.0. The van der Waals surface area contributed by atoms with Gasteiger partial charge in [0.15, 0.2) is 0 Å². The fraction of sp³-hybridized carbons (Fsp3) is 0.500. The monoisotopic (exact) mass is 486 g/mol. The summed E-state index contributed by atoms with van der Waals surface area (Å²) >= 11 is 1.42. The summed E-state index contributed by atoms with van der Waals surface area (Å²) in [6.07, 6.45) is 4.30. The zero-order valence-corrected chi connectivity index (χ0v) is 19.5. The quantitative estimate of drug-likeness (QED) is 0.222. The number of nitrogens with zero attached hydrogens (tertiary/aromatic N) is 1. The molecule has 0 radical (unpaired) electrons. The molecule has 1 aliphatic heterocycles. The molecule has 0 unspecified atom stereocenters. The minimum Gasteiger partial charge on any atom is -0.379 e. The molecule has 1 aliphatic rings. The number of hydrogen-bond donors (Lipinski definition) is 3. The number of benzene rings is 1. The van der Waals surface area contributed by atoms with Crippen molar-refractivity contribution < 1.29 is 27.9 Å². The molecule has 0 saturated carbocycles. The Morgan fingerprint density at radius 2 is 1.94 bits per heavy atom. The van der Waals surface area contributed by atoms with E-state index in [1.54, 1.807) is 6.07 Å². The number of thioether (sulfide) groups is 1. The summed E-state index contributed by atoms with van der Waals surface area (Å²) in [6.45, 7) is 1.83. The SMILES string of the molecule is O=P(O)(O)CCCNCc1cc(F)c(SCCCCC2(c3ccccc3F)COC2)cn1. The predicted molar refractivity (Wildman–Crippen MR) is 121 cm³/mol. The van der Waals surface area contributed by atoms with Crippen LogP contribution in [0.5, 0.6) is 0 Å². The van der Waals surface area contributed by atoms with Crippen molar-refractivity contribution in [2.45, 2.75) is 42.5 Å². The van der Waals surface area contributed by atoms with E-state index in [0.717, 1.165) is 30.6 Å². The molecule has 1 fully saturated rings. The Labute approximate surface area is 191 Å². The summed E-state index contributed by atoms with van der Waals surface area (Å²) in [5.74, 6) is 0.231. The van der Waals surface area contributed by atoms with Gasteiger partial charge in [0.1, 0.15) is 11.6 Å². The van der Waals surface area contributed by atoms with E-state index in [1.165, 1.54) is 30.1 Å². The first kappa shape index (κ1) is 25.3. The number of unbranched alkanes of at least 4 members (excludes halogenated alkanes) is 1. The molecule has 3 rings (SSSR count). The van der Waals surface area contributed by atoms with Gasteiger partial charge in [0.2, 0.25) is 0 Å². The molecular weight excluding hydrogens is 457 g/mol. The lowest BCUT2D eigenvalue weighted by atomic mass is 9.74. The number of halogens is 2. The normalized spacial score (nSPS) is 15.5. The van der Waals surface area contributed by atoms with E-state index in [0.29, 0.717) is 43.3 Å². The van der Waals surface area contributed by atoms with Gasteiger partial charge in [-0.15, -0.1) is 11.8 Å². The number of rotatable bonds is 13. The summed E-state index contributed by atoms with van der Waals surface area (Å²) in [4.78, 5) is 22.4. The van der Waals surface area contributed by atoms with Gasteiger partial charge >= 0.3 is 7.60 Å². The summed E-state index contributed by atoms with van der Waals surface area (Å²) in [5, 5.41) is 3.01. The van der Waals surface area contributed by atoms with Gasteiger partial charge in [-0.1, -0.05) is 24.6 Å². The Kier molecular flexibility index (Phi) is 9.22. The van der Waals surface area contributed by atoms with Gasteiger partial charge in [0.05, 0.1) is 30.0 Å². The van der Waals surface area contributed by atoms with Crippen LogP contribution >= 0.6 is 19.4 Å². The van der Waals surface area contributed by atoms with Gasteiger partial charge in [0.25, 0.3) is 0 Å². The maximum Gasteiger partial charge on any atom is 0.325 e. The minimum atomic E-state index is -3.98. The van der Waals surface area contributed by atoms with Gasteiger partial charge < -0.3 is 19.8 Å². The third kappa shape index (κ3) is 7.33. The van der Waals surface area contributed by atoms with E-state index >= 15 is 0 Å². The Balaban J connectivity index is 1.38. The van der Waals surface area contributed by atoms with Crippen LogP contribution in [-0.4, -0.2) is 46.4 Å². The molecule has 0 atom stereocenters. The molecule has 3 N–H and O–H groups in total. The number of aromatic nitrogens is 1. The van der Waals surface area contributed by atoms with Crippen LogP contribution in [0.1, 0.15) is 36.9 Å². The lowest BCUT2D eigenvalue weighted by Crippen LogP contribution is -2.47. The van der Waals surface area contributed by atoms with Gasteiger partial charge in [-0.2, -0.15) is 0 Å². The van der Waals surface area contributed by atoms with Crippen LogP contribution < -0.4 is 5.32 Å². The van der Waals surface area contributed by atoms with Crippen molar-refractivity contribution >= 4 is 19.4 Å². The molecule has 6 nitrogen and oxygen atoms in total. The molecule has 1 saturated heterocycles. The summed E-state index contributed by atoms with van der Waals surface area (Å²) in [7, 11) is -3.98. The van der Waals surface area contributed by atoms with E-state index < -0.39 is 7.60 Å². The first-order chi connectivity index (χ1) is 15.3. The van der Waals surface area contributed by atoms with E-state index in [-0.39, 0.29) is 23.2 Å². The topological polar surface area (TPSA) is 91.7 Å². The Morgan fingerprint density at radius 3 is 2.59 bits per heavy atom. The van der Waals surface area contributed by atoms with E-state index in [4.69, 9.17) is 14.5 Å². The van der Waals surface area contributed by atoms with Crippen molar-refractivity contribution in [1.29, 1.82) is 0 Å². The molecule has 1 aromatic heterocycles. The smallest absolute Gasteiger partial charge is 0.325 e. The van der Waals surface area contributed by atoms with Crippen molar-refractivity contribution in [2.75, 3.05) is 31.7 Å². The first-order valence-electron chi connectivity index (χ1n) is 10.6. The van der Waals surface area contributed by atoms with Crippen LogP contribution in [-0.2, 0) is 21.3 Å². The van der Waals surface area contributed by atoms with Gasteiger partial charge in [-0.25, -0.2) is 8.78 Å². The maximum absolute atomic E-state index is 14.4. The van der Waals surface area contributed by atoms with E-state index in [9.17, 15) is 13.3 Å². The Morgan fingerprint density at radius 1 is 1.16 bits per heavy atom. The minimum absolute atomic E-state index is 0.175. The molecule has 0 bridgehead atoms. The second kappa shape index (κ2) is 11.7.